The summed E-state index contributed by atoms with van der Waals surface area (Å²) in [5.41, 5.74) is 0. The lowest BCUT2D eigenvalue weighted by Gasteiger charge is -2.03. The van der Waals surface area contributed by atoms with Crippen molar-refractivity contribution in [1.29, 1.82) is 0 Å². The second-order valence-corrected chi connectivity index (χ2v) is 2.99. The highest BCUT2D eigenvalue weighted by Crippen LogP contribution is 2.23. The minimum Gasteiger partial charge on any atom is -0.491 e. The van der Waals surface area contributed by atoms with Crippen molar-refractivity contribution >= 4 is 27.5 Å². The van der Waals surface area contributed by atoms with Crippen molar-refractivity contribution in [1.82, 2.24) is 4.98 Å². The quantitative estimate of drug-likeness (QED) is 0.737. The Morgan fingerprint density at radius 1 is 1.64 bits per heavy atom. The predicted octanol–water partition coefficient (Wildman–Crippen LogP) is 2.90. The number of aromatic nitrogens is 1. The number of halogens is 2. The van der Waals surface area contributed by atoms with E-state index >= 15 is 0 Å². The minimum atomic E-state index is 0.459. The monoisotopic (exact) mass is 235 g/mol. The molecule has 0 aromatic carbocycles. The van der Waals surface area contributed by atoms with Gasteiger partial charge in [0.25, 0.3) is 0 Å². The first kappa shape index (κ1) is 8.81. The molecule has 0 saturated heterocycles. The van der Waals surface area contributed by atoms with E-state index in [0.29, 0.717) is 16.4 Å². The molecule has 60 valence electrons. The first-order valence-corrected chi connectivity index (χ1v) is 4.36. The molecule has 0 spiro atoms. The summed E-state index contributed by atoms with van der Waals surface area (Å²) < 4.78 is 5.87. The van der Waals surface area contributed by atoms with Crippen LogP contribution in [0.2, 0.25) is 5.15 Å². The molecule has 0 unspecified atom stereocenters. The Balaban J connectivity index is 2.90. The van der Waals surface area contributed by atoms with Gasteiger partial charge in [0.05, 0.1) is 6.61 Å². The van der Waals surface area contributed by atoms with Gasteiger partial charge in [-0.2, -0.15) is 0 Å². The summed E-state index contributed by atoms with van der Waals surface area (Å²) in [7, 11) is 0. The van der Waals surface area contributed by atoms with Crippen molar-refractivity contribution in [2.24, 2.45) is 0 Å². The number of pyridine rings is 1. The average molecular weight is 236 g/mol. The van der Waals surface area contributed by atoms with Crippen molar-refractivity contribution in [2.45, 2.75) is 6.92 Å². The maximum absolute atomic E-state index is 5.62. The van der Waals surface area contributed by atoms with E-state index in [-0.39, 0.29) is 0 Å². The smallest absolute Gasteiger partial charge is 0.152 e. The zero-order valence-electron chi connectivity index (χ0n) is 5.97. The molecule has 0 atom stereocenters. The van der Waals surface area contributed by atoms with E-state index < -0.39 is 0 Å². The van der Waals surface area contributed by atoms with Crippen molar-refractivity contribution < 1.29 is 4.74 Å². The molecule has 0 saturated carbocycles. The van der Waals surface area contributed by atoms with Gasteiger partial charge in [0.2, 0.25) is 0 Å². The summed E-state index contributed by atoms with van der Waals surface area (Å²) in [6.07, 6.45) is 0. The van der Waals surface area contributed by atoms with Gasteiger partial charge < -0.3 is 4.74 Å². The molecule has 0 bridgehead atoms. The maximum Gasteiger partial charge on any atom is 0.152 e. The topological polar surface area (TPSA) is 22.1 Å². The Hall–Kier alpha value is -0.280. The highest BCUT2D eigenvalue weighted by Gasteiger charge is 2.00. The van der Waals surface area contributed by atoms with Gasteiger partial charge in [-0.15, -0.1) is 0 Å². The molecule has 1 heterocycles. The summed E-state index contributed by atoms with van der Waals surface area (Å²) in [5, 5.41) is 0.459. The Bertz CT molecular complexity index is 254. The van der Waals surface area contributed by atoms with Crippen molar-refractivity contribution in [3.05, 3.63) is 21.9 Å². The number of ether oxygens (including phenoxy) is 1. The van der Waals surface area contributed by atoms with Crippen LogP contribution in [0.25, 0.3) is 0 Å². The third-order valence-electron chi connectivity index (χ3n) is 1.08. The van der Waals surface area contributed by atoms with Crippen LogP contribution in [0.3, 0.4) is 0 Å². The summed E-state index contributed by atoms with van der Waals surface area (Å²) in [6.45, 7) is 2.54. The molecule has 2 nitrogen and oxygen atoms in total. The highest BCUT2D eigenvalue weighted by atomic mass is 79.9. The van der Waals surface area contributed by atoms with Crippen LogP contribution in [0.5, 0.6) is 5.75 Å². The van der Waals surface area contributed by atoms with E-state index in [0.717, 1.165) is 5.75 Å². The Labute approximate surface area is 78.7 Å². The fourth-order valence-electron chi connectivity index (χ4n) is 0.663. The minimum absolute atomic E-state index is 0.459. The van der Waals surface area contributed by atoms with Crippen LogP contribution in [0.15, 0.2) is 16.7 Å². The lowest BCUT2D eigenvalue weighted by Crippen LogP contribution is -1.93. The lowest BCUT2D eigenvalue weighted by molar-refractivity contribution is 0.336. The van der Waals surface area contributed by atoms with Crippen LogP contribution in [0, 0.1) is 0 Å². The summed E-state index contributed by atoms with van der Waals surface area (Å²) in [6, 6.07) is 3.47. The lowest BCUT2D eigenvalue weighted by atomic mass is 10.5. The largest absolute Gasteiger partial charge is 0.491 e. The molecule has 11 heavy (non-hydrogen) atoms. The third kappa shape index (κ3) is 2.34. The third-order valence-corrected chi connectivity index (χ3v) is 1.86. The Morgan fingerprint density at radius 3 is 2.91 bits per heavy atom. The zero-order chi connectivity index (χ0) is 8.27. The van der Waals surface area contributed by atoms with E-state index in [1.165, 1.54) is 0 Å². The van der Waals surface area contributed by atoms with Gasteiger partial charge in [-0.3, -0.25) is 0 Å². The average Bonchev–Trinajstić information content (AvgIpc) is 1.95. The number of hydrogen-bond donors (Lipinski definition) is 0. The zero-order valence-corrected chi connectivity index (χ0v) is 8.32. The molecule has 0 aliphatic rings. The molecule has 0 radical (unpaired) electrons. The molecular formula is C7H7BrClNO. The molecule has 4 heteroatoms. The SMILES string of the molecule is CCOc1ccc(Cl)nc1Br. The van der Waals surface area contributed by atoms with Gasteiger partial charge in [0, 0.05) is 0 Å². The molecule has 1 rings (SSSR count). The van der Waals surface area contributed by atoms with E-state index in [2.05, 4.69) is 20.9 Å². The van der Waals surface area contributed by atoms with Gasteiger partial charge >= 0.3 is 0 Å². The van der Waals surface area contributed by atoms with E-state index in [4.69, 9.17) is 16.3 Å². The molecule has 1 aromatic heterocycles. The molecule has 1 aromatic rings. The van der Waals surface area contributed by atoms with Crippen LogP contribution < -0.4 is 4.74 Å². The standard InChI is InChI=1S/C7H7BrClNO/c1-2-11-5-3-4-6(9)10-7(5)8/h3-4H,2H2,1H3. The van der Waals surface area contributed by atoms with Gasteiger partial charge in [0.15, 0.2) is 5.75 Å². The Kier molecular flexibility index (Phi) is 3.15. The Morgan fingerprint density at radius 2 is 2.36 bits per heavy atom. The van der Waals surface area contributed by atoms with E-state index in [1.807, 2.05) is 6.92 Å². The van der Waals surface area contributed by atoms with E-state index in [1.54, 1.807) is 12.1 Å². The molecule has 0 aliphatic carbocycles. The van der Waals surface area contributed by atoms with Crippen molar-refractivity contribution in [3.63, 3.8) is 0 Å². The second kappa shape index (κ2) is 3.93. The fourth-order valence-corrected chi connectivity index (χ4v) is 1.35. The van der Waals surface area contributed by atoms with Gasteiger partial charge in [0.1, 0.15) is 9.76 Å². The summed E-state index contributed by atoms with van der Waals surface area (Å²) >= 11 is 8.85. The molecule has 0 aliphatic heterocycles. The number of nitrogens with zero attached hydrogens (tertiary/aromatic N) is 1. The van der Waals surface area contributed by atoms with Crippen LogP contribution >= 0.6 is 27.5 Å². The summed E-state index contributed by atoms with van der Waals surface area (Å²) in [5.74, 6) is 0.719. The van der Waals surface area contributed by atoms with Crippen LogP contribution in [-0.2, 0) is 0 Å². The molecule has 0 fully saturated rings. The summed E-state index contributed by atoms with van der Waals surface area (Å²) in [4.78, 5) is 3.95. The molecule has 0 N–H and O–H groups in total. The second-order valence-electron chi connectivity index (χ2n) is 1.86. The van der Waals surface area contributed by atoms with Gasteiger partial charge in [-0.05, 0) is 35.0 Å². The number of hydrogen-bond acceptors (Lipinski definition) is 2. The van der Waals surface area contributed by atoms with Crippen molar-refractivity contribution in [3.8, 4) is 5.75 Å². The van der Waals surface area contributed by atoms with Crippen LogP contribution in [0.1, 0.15) is 6.92 Å². The first-order chi connectivity index (χ1) is 5.24. The first-order valence-electron chi connectivity index (χ1n) is 3.19. The van der Waals surface area contributed by atoms with Crippen molar-refractivity contribution in [2.75, 3.05) is 6.61 Å². The van der Waals surface area contributed by atoms with E-state index in [9.17, 15) is 0 Å². The maximum atomic E-state index is 5.62. The predicted molar refractivity (Wildman–Crippen MR) is 48.1 cm³/mol. The number of rotatable bonds is 2. The van der Waals surface area contributed by atoms with Crippen LogP contribution in [0.4, 0.5) is 0 Å². The van der Waals surface area contributed by atoms with Gasteiger partial charge in [-0.1, -0.05) is 11.6 Å². The van der Waals surface area contributed by atoms with Gasteiger partial charge in [-0.25, -0.2) is 4.98 Å². The fraction of sp³-hybridized carbons (Fsp3) is 0.286. The van der Waals surface area contributed by atoms with Crippen LogP contribution in [-0.4, -0.2) is 11.6 Å². The normalized spacial score (nSPS) is 9.73. The molecule has 0 amide bonds. The highest BCUT2D eigenvalue weighted by molar-refractivity contribution is 9.10. The molecular weight excluding hydrogens is 229 g/mol.